The highest BCUT2D eigenvalue weighted by molar-refractivity contribution is 14.1. The van der Waals surface area contributed by atoms with Crippen LogP contribution in [0, 0.1) is 3.57 Å². The minimum absolute atomic E-state index is 0.0337. The van der Waals surface area contributed by atoms with E-state index in [9.17, 15) is 0 Å². The highest BCUT2D eigenvalue weighted by Gasteiger charge is 2.40. The number of hydrogen-bond donors (Lipinski definition) is 1. The first-order chi connectivity index (χ1) is 10.2. The molecule has 1 N–H and O–H groups in total. The third kappa shape index (κ3) is 4.67. The molecule has 0 radical (unpaired) electrons. The first kappa shape index (κ1) is 17.2. The fourth-order valence-corrected chi connectivity index (χ4v) is 3.94. The first-order valence-electron chi connectivity index (χ1n) is 8.32. The highest BCUT2D eigenvalue weighted by atomic mass is 127. The van der Waals surface area contributed by atoms with E-state index in [1.807, 2.05) is 0 Å². The van der Waals surface area contributed by atoms with Crippen LogP contribution in [0.1, 0.15) is 51.5 Å². The van der Waals surface area contributed by atoms with Crippen LogP contribution in [0.15, 0.2) is 24.3 Å². The second-order valence-electron chi connectivity index (χ2n) is 6.00. The molecule has 0 spiro atoms. The average molecular weight is 401 g/mol. The zero-order chi connectivity index (χ0) is 15.1. The summed E-state index contributed by atoms with van der Waals surface area (Å²) in [6.07, 6.45) is 7.41. The Kier molecular flexibility index (Phi) is 6.96. The monoisotopic (exact) mass is 401 g/mol. The Balaban J connectivity index is 2.16. The molecule has 0 aromatic heterocycles. The van der Waals surface area contributed by atoms with Crippen LogP contribution in [0.25, 0.3) is 0 Å². The van der Waals surface area contributed by atoms with Crippen molar-refractivity contribution < 1.29 is 4.74 Å². The van der Waals surface area contributed by atoms with Gasteiger partial charge in [0.05, 0.1) is 5.60 Å². The molecule has 0 amide bonds. The van der Waals surface area contributed by atoms with E-state index in [1.165, 1.54) is 41.2 Å². The van der Waals surface area contributed by atoms with E-state index in [1.54, 1.807) is 0 Å². The molecule has 3 heteroatoms. The van der Waals surface area contributed by atoms with Crippen molar-refractivity contribution in [1.82, 2.24) is 5.32 Å². The van der Waals surface area contributed by atoms with E-state index < -0.39 is 0 Å². The number of rotatable bonds is 7. The van der Waals surface area contributed by atoms with Crippen molar-refractivity contribution in [1.29, 1.82) is 0 Å². The second-order valence-corrected chi connectivity index (χ2v) is 7.24. The maximum Gasteiger partial charge on any atom is 0.0837 e. The summed E-state index contributed by atoms with van der Waals surface area (Å²) >= 11 is 2.37. The Hall–Kier alpha value is -0.130. The Labute approximate surface area is 143 Å². The molecule has 21 heavy (non-hydrogen) atoms. The van der Waals surface area contributed by atoms with Gasteiger partial charge in [0.15, 0.2) is 0 Å². The van der Waals surface area contributed by atoms with Gasteiger partial charge in [-0.1, -0.05) is 38.3 Å². The average Bonchev–Trinajstić information content (AvgIpc) is 2.50. The molecule has 1 saturated carbocycles. The number of likely N-dealkylation sites (N-methyl/N-ethyl adjacent to an activating group) is 1. The van der Waals surface area contributed by atoms with Gasteiger partial charge in [-0.2, -0.15) is 0 Å². The molecule has 1 aromatic rings. The van der Waals surface area contributed by atoms with Crippen LogP contribution in [0.2, 0.25) is 0 Å². The summed E-state index contributed by atoms with van der Waals surface area (Å²) in [4.78, 5) is 0. The molecule has 1 fully saturated rings. The van der Waals surface area contributed by atoms with Gasteiger partial charge in [-0.3, -0.25) is 0 Å². The molecule has 1 unspecified atom stereocenters. The van der Waals surface area contributed by atoms with Crippen LogP contribution in [0.4, 0.5) is 0 Å². The summed E-state index contributed by atoms with van der Waals surface area (Å²) < 4.78 is 7.62. The summed E-state index contributed by atoms with van der Waals surface area (Å²) in [5.41, 5.74) is 1.44. The molecule has 0 heterocycles. The van der Waals surface area contributed by atoms with Crippen LogP contribution >= 0.6 is 22.6 Å². The lowest BCUT2D eigenvalue weighted by molar-refractivity contribution is -0.0894. The lowest BCUT2D eigenvalue weighted by atomic mass is 9.77. The highest BCUT2D eigenvalue weighted by Crippen LogP contribution is 2.36. The normalized spacial score (nSPS) is 19.4. The lowest BCUT2D eigenvalue weighted by Crippen LogP contribution is -2.54. The van der Waals surface area contributed by atoms with E-state index in [0.29, 0.717) is 6.04 Å². The number of nitrogens with one attached hydrogen (secondary N) is 1. The largest absolute Gasteiger partial charge is 0.374 e. The van der Waals surface area contributed by atoms with Crippen molar-refractivity contribution >= 4 is 22.6 Å². The summed E-state index contributed by atoms with van der Waals surface area (Å²) in [7, 11) is 0. The smallest absolute Gasteiger partial charge is 0.0837 e. The van der Waals surface area contributed by atoms with Gasteiger partial charge in [0.25, 0.3) is 0 Å². The number of hydrogen-bond acceptors (Lipinski definition) is 2. The molecule has 1 aliphatic carbocycles. The minimum Gasteiger partial charge on any atom is -0.374 e. The van der Waals surface area contributed by atoms with Crippen molar-refractivity contribution in [2.45, 2.75) is 64.0 Å². The fraction of sp³-hybridized carbons (Fsp3) is 0.667. The van der Waals surface area contributed by atoms with E-state index in [-0.39, 0.29) is 5.60 Å². The summed E-state index contributed by atoms with van der Waals surface area (Å²) in [5, 5.41) is 3.71. The van der Waals surface area contributed by atoms with Gasteiger partial charge in [-0.25, -0.2) is 0 Å². The predicted octanol–water partition coefficient (Wildman–Crippen LogP) is 4.55. The maximum atomic E-state index is 6.32. The van der Waals surface area contributed by atoms with Crippen LogP contribution in [0.3, 0.4) is 0 Å². The van der Waals surface area contributed by atoms with Crippen LogP contribution in [0.5, 0.6) is 0 Å². The van der Waals surface area contributed by atoms with Crippen molar-refractivity contribution in [2.75, 3.05) is 13.2 Å². The molecule has 0 bridgehead atoms. The zero-order valence-corrected chi connectivity index (χ0v) is 15.5. The fourth-order valence-electron chi connectivity index (χ4n) is 3.58. The number of benzene rings is 1. The molecule has 1 aromatic carbocycles. The Morgan fingerprint density at radius 1 is 1.14 bits per heavy atom. The van der Waals surface area contributed by atoms with E-state index in [2.05, 4.69) is 66.0 Å². The molecule has 118 valence electrons. The SMILES string of the molecule is CCNC(Cc1ccc(I)cc1)C1(OCC)CCCCC1. The van der Waals surface area contributed by atoms with Gasteiger partial charge in [0.2, 0.25) is 0 Å². The Bertz CT molecular complexity index is 406. The Morgan fingerprint density at radius 2 is 1.81 bits per heavy atom. The van der Waals surface area contributed by atoms with Gasteiger partial charge in [-0.15, -0.1) is 0 Å². The van der Waals surface area contributed by atoms with Crippen molar-refractivity contribution in [3.05, 3.63) is 33.4 Å². The Morgan fingerprint density at radius 3 is 2.38 bits per heavy atom. The van der Waals surface area contributed by atoms with E-state index >= 15 is 0 Å². The topological polar surface area (TPSA) is 21.3 Å². The van der Waals surface area contributed by atoms with Gasteiger partial charge >= 0.3 is 0 Å². The molecule has 0 saturated heterocycles. The summed E-state index contributed by atoms with van der Waals surface area (Å²) in [5.74, 6) is 0. The van der Waals surface area contributed by atoms with Crippen molar-refractivity contribution in [3.63, 3.8) is 0 Å². The molecule has 2 rings (SSSR count). The van der Waals surface area contributed by atoms with Crippen molar-refractivity contribution in [2.24, 2.45) is 0 Å². The van der Waals surface area contributed by atoms with Crippen LogP contribution in [-0.2, 0) is 11.2 Å². The molecule has 1 atom stereocenters. The first-order valence-corrected chi connectivity index (χ1v) is 9.40. The standard InChI is InChI=1S/C18H28INO/c1-3-20-17(14-15-8-10-16(19)11-9-15)18(21-4-2)12-6-5-7-13-18/h8-11,17,20H,3-7,12-14H2,1-2H3. The predicted molar refractivity (Wildman–Crippen MR) is 97.8 cm³/mol. The molecule has 0 aliphatic heterocycles. The zero-order valence-electron chi connectivity index (χ0n) is 13.3. The molecular weight excluding hydrogens is 373 g/mol. The van der Waals surface area contributed by atoms with Gasteiger partial charge in [-0.05, 0) is 73.0 Å². The third-order valence-electron chi connectivity index (χ3n) is 4.57. The van der Waals surface area contributed by atoms with Gasteiger partial charge in [0, 0.05) is 16.2 Å². The van der Waals surface area contributed by atoms with Crippen LogP contribution in [-0.4, -0.2) is 24.8 Å². The number of ether oxygens (including phenoxy) is 1. The quantitative estimate of drug-likeness (QED) is 0.677. The van der Waals surface area contributed by atoms with Gasteiger partial charge < -0.3 is 10.1 Å². The second kappa shape index (κ2) is 8.49. The summed E-state index contributed by atoms with van der Waals surface area (Å²) in [6, 6.07) is 9.34. The maximum absolute atomic E-state index is 6.32. The summed E-state index contributed by atoms with van der Waals surface area (Å²) in [6.45, 7) is 6.14. The third-order valence-corrected chi connectivity index (χ3v) is 5.29. The molecule has 2 nitrogen and oxygen atoms in total. The van der Waals surface area contributed by atoms with E-state index in [4.69, 9.17) is 4.74 Å². The lowest BCUT2D eigenvalue weighted by Gasteiger charge is -2.44. The minimum atomic E-state index is 0.0337. The van der Waals surface area contributed by atoms with Crippen molar-refractivity contribution in [3.8, 4) is 0 Å². The molecular formula is C18H28INO. The van der Waals surface area contributed by atoms with Crippen LogP contribution < -0.4 is 5.32 Å². The van der Waals surface area contributed by atoms with Gasteiger partial charge in [0.1, 0.15) is 0 Å². The van der Waals surface area contributed by atoms with E-state index in [0.717, 1.165) is 19.6 Å². The number of halogens is 1. The molecule has 1 aliphatic rings.